The highest BCUT2D eigenvalue weighted by molar-refractivity contribution is 5.63. The number of rotatable bonds is 1. The Hall–Kier alpha value is -2.11. The first-order chi connectivity index (χ1) is 8.79. The number of nitrogens with zero attached hydrogens (tertiary/aromatic N) is 2. The van der Waals surface area contributed by atoms with Gasteiger partial charge < -0.3 is 0 Å². The standard InChI is InChI=1S/C13H11F3N2O/c1-8-6-11(12(19)18(2)17-8)9-4-3-5-10(7-9)13(14,15)16/h3-7H,1-2H3. The second-order valence-electron chi connectivity index (χ2n) is 4.21. The average Bonchev–Trinajstić information content (AvgIpc) is 2.33. The normalized spacial score (nSPS) is 11.6. The molecule has 1 aromatic carbocycles. The monoisotopic (exact) mass is 268 g/mol. The maximum atomic E-state index is 12.6. The SMILES string of the molecule is Cc1cc(-c2cccc(C(F)(F)F)c2)c(=O)n(C)n1. The Kier molecular flexibility index (Phi) is 3.18. The van der Waals surface area contributed by atoms with Crippen LogP contribution in [0.4, 0.5) is 13.2 Å². The van der Waals surface area contributed by atoms with Crippen molar-refractivity contribution >= 4 is 0 Å². The lowest BCUT2D eigenvalue weighted by molar-refractivity contribution is -0.137. The molecule has 0 aliphatic heterocycles. The fourth-order valence-corrected chi connectivity index (χ4v) is 1.83. The van der Waals surface area contributed by atoms with Crippen molar-refractivity contribution in [2.75, 3.05) is 0 Å². The Morgan fingerprint density at radius 2 is 1.89 bits per heavy atom. The van der Waals surface area contributed by atoms with Crippen molar-refractivity contribution < 1.29 is 13.2 Å². The summed E-state index contributed by atoms with van der Waals surface area (Å²) in [5.74, 6) is 0. The molecule has 3 nitrogen and oxygen atoms in total. The van der Waals surface area contributed by atoms with Gasteiger partial charge in [-0.1, -0.05) is 12.1 Å². The van der Waals surface area contributed by atoms with Crippen molar-refractivity contribution in [3.8, 4) is 11.1 Å². The van der Waals surface area contributed by atoms with E-state index in [4.69, 9.17) is 0 Å². The summed E-state index contributed by atoms with van der Waals surface area (Å²) in [7, 11) is 1.46. The molecule has 2 aromatic rings. The van der Waals surface area contributed by atoms with E-state index in [0.29, 0.717) is 5.69 Å². The molecule has 6 heteroatoms. The lowest BCUT2D eigenvalue weighted by Crippen LogP contribution is -2.22. The van der Waals surface area contributed by atoms with Gasteiger partial charge in [0, 0.05) is 7.05 Å². The minimum atomic E-state index is -4.43. The zero-order chi connectivity index (χ0) is 14.2. The lowest BCUT2D eigenvalue weighted by Gasteiger charge is -2.09. The van der Waals surface area contributed by atoms with E-state index in [-0.39, 0.29) is 11.1 Å². The molecule has 0 fully saturated rings. The zero-order valence-electron chi connectivity index (χ0n) is 10.3. The lowest BCUT2D eigenvalue weighted by atomic mass is 10.0. The van der Waals surface area contributed by atoms with Crippen LogP contribution in [0.15, 0.2) is 35.1 Å². The molecule has 2 rings (SSSR count). The highest BCUT2D eigenvalue weighted by atomic mass is 19.4. The maximum Gasteiger partial charge on any atom is 0.416 e. The van der Waals surface area contributed by atoms with Crippen LogP contribution < -0.4 is 5.56 Å². The Balaban J connectivity index is 2.64. The first-order valence-corrected chi connectivity index (χ1v) is 5.51. The summed E-state index contributed by atoms with van der Waals surface area (Å²) < 4.78 is 39.1. The summed E-state index contributed by atoms with van der Waals surface area (Å²) in [5.41, 5.74) is -0.192. The molecule has 1 aromatic heterocycles. The van der Waals surface area contributed by atoms with Gasteiger partial charge in [-0.05, 0) is 30.7 Å². The van der Waals surface area contributed by atoms with Gasteiger partial charge in [-0.15, -0.1) is 0 Å². The van der Waals surface area contributed by atoms with E-state index in [0.717, 1.165) is 16.8 Å². The number of hydrogen-bond donors (Lipinski definition) is 0. The van der Waals surface area contributed by atoms with Crippen LogP contribution in [-0.4, -0.2) is 9.78 Å². The van der Waals surface area contributed by atoms with Gasteiger partial charge in [0.2, 0.25) is 0 Å². The van der Waals surface area contributed by atoms with Crippen LogP contribution in [0, 0.1) is 6.92 Å². The Morgan fingerprint density at radius 3 is 2.53 bits per heavy atom. The second-order valence-corrected chi connectivity index (χ2v) is 4.21. The average molecular weight is 268 g/mol. The van der Waals surface area contributed by atoms with Crippen molar-refractivity contribution in [2.24, 2.45) is 7.05 Å². The largest absolute Gasteiger partial charge is 0.416 e. The molecule has 0 amide bonds. The van der Waals surface area contributed by atoms with E-state index in [2.05, 4.69) is 5.10 Å². The number of aryl methyl sites for hydroxylation is 2. The van der Waals surface area contributed by atoms with Crippen LogP contribution in [0.5, 0.6) is 0 Å². The van der Waals surface area contributed by atoms with Gasteiger partial charge in [-0.25, -0.2) is 4.68 Å². The summed E-state index contributed by atoms with van der Waals surface area (Å²) in [6.45, 7) is 1.68. The van der Waals surface area contributed by atoms with Crippen LogP contribution >= 0.6 is 0 Å². The molecular weight excluding hydrogens is 257 g/mol. The van der Waals surface area contributed by atoms with Crippen molar-refractivity contribution in [1.82, 2.24) is 9.78 Å². The zero-order valence-corrected chi connectivity index (χ0v) is 10.3. The number of alkyl halides is 3. The number of benzene rings is 1. The molecule has 0 saturated carbocycles. The Labute approximate surface area is 107 Å². The van der Waals surface area contributed by atoms with E-state index >= 15 is 0 Å². The third-order valence-corrected chi connectivity index (χ3v) is 2.69. The van der Waals surface area contributed by atoms with Gasteiger partial charge in [-0.3, -0.25) is 4.79 Å². The predicted molar refractivity (Wildman–Crippen MR) is 64.7 cm³/mol. The maximum absolute atomic E-state index is 12.6. The van der Waals surface area contributed by atoms with Gasteiger partial charge in [0.25, 0.3) is 5.56 Å². The molecule has 0 bridgehead atoms. The van der Waals surface area contributed by atoms with E-state index in [1.807, 2.05) is 0 Å². The Morgan fingerprint density at radius 1 is 1.21 bits per heavy atom. The molecule has 0 atom stereocenters. The quantitative estimate of drug-likeness (QED) is 0.797. The molecule has 0 saturated heterocycles. The highest BCUT2D eigenvalue weighted by Gasteiger charge is 2.30. The summed E-state index contributed by atoms with van der Waals surface area (Å²) in [5, 5.41) is 3.91. The topological polar surface area (TPSA) is 34.9 Å². The van der Waals surface area contributed by atoms with Gasteiger partial charge >= 0.3 is 6.18 Å². The smallest absolute Gasteiger partial charge is 0.267 e. The van der Waals surface area contributed by atoms with Crippen LogP contribution in [0.25, 0.3) is 11.1 Å². The number of aromatic nitrogens is 2. The fourth-order valence-electron chi connectivity index (χ4n) is 1.83. The third-order valence-electron chi connectivity index (χ3n) is 2.69. The van der Waals surface area contributed by atoms with Crippen LogP contribution in [0.1, 0.15) is 11.3 Å². The molecule has 0 spiro atoms. The molecule has 1 heterocycles. The van der Waals surface area contributed by atoms with Crippen LogP contribution in [-0.2, 0) is 13.2 Å². The van der Waals surface area contributed by atoms with Crippen LogP contribution in [0.2, 0.25) is 0 Å². The molecule has 19 heavy (non-hydrogen) atoms. The third kappa shape index (κ3) is 2.67. The molecule has 0 aliphatic carbocycles. The van der Waals surface area contributed by atoms with Gasteiger partial charge in [0.15, 0.2) is 0 Å². The molecule has 0 radical (unpaired) electrons. The summed E-state index contributed by atoms with van der Waals surface area (Å²) in [6, 6.07) is 6.19. The molecule has 0 unspecified atom stereocenters. The van der Waals surface area contributed by atoms with Crippen molar-refractivity contribution in [2.45, 2.75) is 13.1 Å². The van der Waals surface area contributed by atoms with E-state index < -0.39 is 17.3 Å². The summed E-state index contributed by atoms with van der Waals surface area (Å²) in [4.78, 5) is 11.9. The first-order valence-electron chi connectivity index (χ1n) is 5.51. The second kappa shape index (κ2) is 4.53. The first kappa shape index (κ1) is 13.3. The summed E-state index contributed by atoms with van der Waals surface area (Å²) in [6.07, 6.45) is -4.43. The molecule has 100 valence electrons. The highest BCUT2D eigenvalue weighted by Crippen LogP contribution is 2.31. The van der Waals surface area contributed by atoms with E-state index in [1.165, 1.54) is 25.2 Å². The van der Waals surface area contributed by atoms with Crippen molar-refractivity contribution in [3.63, 3.8) is 0 Å². The van der Waals surface area contributed by atoms with Crippen molar-refractivity contribution in [3.05, 3.63) is 51.9 Å². The van der Waals surface area contributed by atoms with E-state index in [9.17, 15) is 18.0 Å². The fraction of sp³-hybridized carbons (Fsp3) is 0.231. The molecule has 0 N–H and O–H groups in total. The summed E-state index contributed by atoms with van der Waals surface area (Å²) >= 11 is 0. The van der Waals surface area contributed by atoms with E-state index in [1.54, 1.807) is 6.92 Å². The van der Waals surface area contributed by atoms with Crippen LogP contribution in [0.3, 0.4) is 0 Å². The molecule has 0 aliphatic rings. The Bertz CT molecular complexity index is 674. The predicted octanol–water partition coefficient (Wildman–Crippen LogP) is 2.77. The number of halogens is 3. The van der Waals surface area contributed by atoms with Gasteiger partial charge in [0.05, 0.1) is 16.8 Å². The van der Waals surface area contributed by atoms with Gasteiger partial charge in [0.1, 0.15) is 0 Å². The number of hydrogen-bond acceptors (Lipinski definition) is 2. The minimum Gasteiger partial charge on any atom is -0.267 e. The minimum absolute atomic E-state index is 0.209. The van der Waals surface area contributed by atoms with Gasteiger partial charge in [-0.2, -0.15) is 18.3 Å². The molecular formula is C13H11F3N2O. The van der Waals surface area contributed by atoms with Crippen molar-refractivity contribution in [1.29, 1.82) is 0 Å².